The predicted octanol–water partition coefficient (Wildman–Crippen LogP) is 1.89. The summed E-state index contributed by atoms with van der Waals surface area (Å²) in [6.07, 6.45) is 1.21. The minimum absolute atomic E-state index is 0.104. The molecule has 3 saturated carbocycles. The Kier molecular flexibility index (Phi) is 6.33. The molecule has 1 saturated heterocycles. The maximum atomic E-state index is 13.3. The van der Waals surface area contributed by atoms with Crippen LogP contribution in [-0.4, -0.2) is 72.9 Å². The number of allylic oxidation sites excluding steroid dienone is 1. The van der Waals surface area contributed by atoms with Gasteiger partial charge in [0.15, 0.2) is 5.78 Å². The van der Waals surface area contributed by atoms with E-state index in [1.165, 1.54) is 0 Å². The molecule has 4 fully saturated rings. The summed E-state index contributed by atoms with van der Waals surface area (Å²) in [7, 11) is 0. The summed E-state index contributed by atoms with van der Waals surface area (Å²) >= 11 is 0. The number of rotatable bonds is 4. The fraction of sp³-hybridized carbons (Fsp3) is 0.862. The Hall–Kier alpha value is -1.32. The summed E-state index contributed by atoms with van der Waals surface area (Å²) in [5, 5.41) is 56.2. The Morgan fingerprint density at radius 2 is 1.78 bits per heavy atom. The van der Waals surface area contributed by atoms with Crippen molar-refractivity contribution in [3.8, 4) is 0 Å². The molecule has 4 aliphatic carbocycles. The molecule has 8 nitrogen and oxygen atoms in total. The number of carbonyl (C=O) groups excluding carboxylic acids is 2. The molecule has 0 spiro atoms. The van der Waals surface area contributed by atoms with Crippen LogP contribution in [0.4, 0.5) is 0 Å². The Labute approximate surface area is 219 Å². The van der Waals surface area contributed by atoms with Crippen LogP contribution in [-0.2, 0) is 14.3 Å². The second kappa shape index (κ2) is 8.59. The topological polar surface area (TPSA) is 145 Å². The highest BCUT2D eigenvalue weighted by Crippen LogP contribution is 2.68. The Balaban J connectivity index is 1.44. The first-order chi connectivity index (χ1) is 17.1. The van der Waals surface area contributed by atoms with E-state index in [-0.39, 0.29) is 48.5 Å². The van der Waals surface area contributed by atoms with E-state index in [9.17, 15) is 35.1 Å². The number of cyclic esters (lactones) is 1. The maximum absolute atomic E-state index is 13.3. The van der Waals surface area contributed by atoms with Crippen molar-refractivity contribution in [2.75, 3.05) is 0 Å². The normalized spacial score (nSPS) is 51.9. The highest BCUT2D eigenvalue weighted by molar-refractivity contribution is 5.95. The van der Waals surface area contributed by atoms with Crippen LogP contribution in [0.25, 0.3) is 0 Å². The van der Waals surface area contributed by atoms with Crippen LogP contribution in [0.15, 0.2) is 11.6 Å². The van der Waals surface area contributed by atoms with E-state index in [1.54, 1.807) is 19.9 Å². The third-order valence-electron chi connectivity index (χ3n) is 11.9. The molecule has 208 valence electrons. The molecule has 0 bridgehead atoms. The summed E-state index contributed by atoms with van der Waals surface area (Å²) in [5.74, 6) is -1.88. The third kappa shape index (κ3) is 3.65. The number of ether oxygens (including phenoxy) is 1. The van der Waals surface area contributed by atoms with Crippen LogP contribution >= 0.6 is 0 Å². The average molecular weight is 521 g/mol. The zero-order valence-corrected chi connectivity index (χ0v) is 22.7. The molecule has 5 N–H and O–H groups in total. The minimum Gasteiger partial charge on any atom is -0.462 e. The molecular formula is C29H44O8. The van der Waals surface area contributed by atoms with Gasteiger partial charge in [-0.2, -0.15) is 0 Å². The van der Waals surface area contributed by atoms with Crippen molar-refractivity contribution in [2.45, 2.75) is 115 Å². The third-order valence-corrected chi connectivity index (χ3v) is 11.9. The summed E-state index contributed by atoms with van der Waals surface area (Å²) in [4.78, 5) is 25.4. The second-order valence-electron chi connectivity index (χ2n) is 13.7. The lowest BCUT2D eigenvalue weighted by atomic mass is 9.45. The van der Waals surface area contributed by atoms with Gasteiger partial charge in [0.2, 0.25) is 0 Å². The number of esters is 1. The minimum atomic E-state index is -1.52. The van der Waals surface area contributed by atoms with E-state index in [0.29, 0.717) is 37.7 Å². The number of carbonyl (C=O) groups is 2. The van der Waals surface area contributed by atoms with Gasteiger partial charge in [-0.15, -0.1) is 0 Å². The Morgan fingerprint density at radius 1 is 1.11 bits per heavy atom. The average Bonchev–Trinajstić information content (AvgIpc) is 3.23. The van der Waals surface area contributed by atoms with E-state index < -0.39 is 52.2 Å². The van der Waals surface area contributed by atoms with Crippen molar-refractivity contribution in [3.05, 3.63) is 11.6 Å². The van der Waals surface area contributed by atoms with Gasteiger partial charge < -0.3 is 30.3 Å². The highest BCUT2D eigenvalue weighted by Gasteiger charge is 2.69. The van der Waals surface area contributed by atoms with Crippen LogP contribution in [0.5, 0.6) is 0 Å². The number of aliphatic hydroxyl groups excluding tert-OH is 3. The lowest BCUT2D eigenvalue weighted by molar-refractivity contribution is -0.178. The lowest BCUT2D eigenvalue weighted by Gasteiger charge is -2.60. The molecule has 0 aromatic carbocycles. The fourth-order valence-electron chi connectivity index (χ4n) is 9.39. The SMILES string of the molecule is C[C@@H]1C(=O)O[C@H](C)[C@H]1C[C@@H](O)[C@](C)(O)[C@H]1CC[C@@]2(O)C3=CC(=O)[C@@H]4C[C@@H](O)[C@@H](O)C[C@]4(C)[C@@H]3CC[C@]12C. The zero-order chi connectivity index (χ0) is 27.3. The molecule has 5 aliphatic rings. The van der Waals surface area contributed by atoms with Gasteiger partial charge in [-0.1, -0.05) is 20.8 Å². The number of hydrogen-bond acceptors (Lipinski definition) is 8. The first-order valence-electron chi connectivity index (χ1n) is 14.0. The number of ketones is 1. The van der Waals surface area contributed by atoms with Gasteiger partial charge in [-0.3, -0.25) is 9.59 Å². The van der Waals surface area contributed by atoms with Crippen molar-refractivity contribution >= 4 is 11.8 Å². The van der Waals surface area contributed by atoms with Gasteiger partial charge in [0.25, 0.3) is 0 Å². The fourth-order valence-corrected chi connectivity index (χ4v) is 9.39. The van der Waals surface area contributed by atoms with E-state index >= 15 is 0 Å². The molecule has 13 atom stereocenters. The summed E-state index contributed by atoms with van der Waals surface area (Å²) < 4.78 is 5.34. The zero-order valence-electron chi connectivity index (χ0n) is 22.7. The van der Waals surface area contributed by atoms with Crippen molar-refractivity contribution in [2.24, 2.45) is 40.4 Å². The molecule has 1 heterocycles. The molecule has 5 rings (SSSR count). The van der Waals surface area contributed by atoms with Crippen LogP contribution in [0.1, 0.15) is 79.6 Å². The molecule has 0 unspecified atom stereocenters. The van der Waals surface area contributed by atoms with Crippen LogP contribution in [0.3, 0.4) is 0 Å². The molecular weight excluding hydrogens is 476 g/mol. The highest BCUT2D eigenvalue weighted by atomic mass is 16.6. The number of hydrogen-bond donors (Lipinski definition) is 5. The first-order valence-corrected chi connectivity index (χ1v) is 14.0. The molecule has 1 aliphatic heterocycles. The molecule has 0 radical (unpaired) electrons. The van der Waals surface area contributed by atoms with E-state index in [2.05, 4.69) is 0 Å². The smallest absolute Gasteiger partial charge is 0.309 e. The van der Waals surface area contributed by atoms with Crippen molar-refractivity contribution < 1.29 is 39.9 Å². The molecule has 0 amide bonds. The number of aliphatic hydroxyl groups is 5. The van der Waals surface area contributed by atoms with Gasteiger partial charge in [-0.25, -0.2) is 0 Å². The van der Waals surface area contributed by atoms with Gasteiger partial charge in [0.05, 0.1) is 35.4 Å². The van der Waals surface area contributed by atoms with Gasteiger partial charge in [0.1, 0.15) is 6.10 Å². The standard InChI is InChI=1S/C29H44O8/c1-14-16(15(2)37-25(14)34)10-24(33)28(5,35)23-7-9-29(36)18-11-20(30)19-12-21(31)22(32)13-26(19,3)17(18)6-8-27(23,29)4/h11,14-17,19,21-24,31-33,35-36H,6-10,12-13H2,1-5H3/t14-,15+,16-,17+,19-,21+,22-,23-,24+,26+,27+,28+,29+/m0/s1. The molecule has 0 aromatic rings. The summed E-state index contributed by atoms with van der Waals surface area (Å²) in [5.41, 5.74) is -3.47. The maximum Gasteiger partial charge on any atom is 0.309 e. The van der Waals surface area contributed by atoms with Crippen LogP contribution in [0, 0.1) is 40.4 Å². The van der Waals surface area contributed by atoms with Gasteiger partial charge >= 0.3 is 5.97 Å². The molecule has 0 aromatic heterocycles. The van der Waals surface area contributed by atoms with Crippen molar-refractivity contribution in [3.63, 3.8) is 0 Å². The number of fused-ring (bicyclic) bond motifs is 5. The van der Waals surface area contributed by atoms with Crippen LogP contribution < -0.4 is 0 Å². The van der Waals surface area contributed by atoms with E-state index in [1.807, 2.05) is 20.8 Å². The molecule has 8 heteroatoms. The lowest BCUT2D eigenvalue weighted by Crippen LogP contribution is -2.63. The largest absolute Gasteiger partial charge is 0.462 e. The quantitative estimate of drug-likeness (QED) is 0.354. The first kappa shape index (κ1) is 27.3. The molecule has 37 heavy (non-hydrogen) atoms. The summed E-state index contributed by atoms with van der Waals surface area (Å²) in [6.45, 7) is 9.21. The van der Waals surface area contributed by atoms with Gasteiger partial charge in [-0.05, 0) is 87.7 Å². The van der Waals surface area contributed by atoms with E-state index in [0.717, 1.165) is 0 Å². The predicted molar refractivity (Wildman–Crippen MR) is 134 cm³/mol. The summed E-state index contributed by atoms with van der Waals surface area (Å²) in [6, 6.07) is 0. The van der Waals surface area contributed by atoms with Crippen LogP contribution in [0.2, 0.25) is 0 Å². The van der Waals surface area contributed by atoms with E-state index in [4.69, 9.17) is 4.74 Å². The second-order valence-corrected chi connectivity index (χ2v) is 13.7. The Morgan fingerprint density at radius 3 is 2.41 bits per heavy atom. The van der Waals surface area contributed by atoms with Crippen molar-refractivity contribution in [1.29, 1.82) is 0 Å². The van der Waals surface area contributed by atoms with Crippen molar-refractivity contribution in [1.82, 2.24) is 0 Å². The monoisotopic (exact) mass is 520 g/mol. The Bertz CT molecular complexity index is 1010. The van der Waals surface area contributed by atoms with Gasteiger partial charge in [0, 0.05) is 17.3 Å².